The molecule has 0 bridgehead atoms. The fourth-order valence-electron chi connectivity index (χ4n) is 2.01. The van der Waals surface area contributed by atoms with E-state index in [4.69, 9.17) is 9.47 Å². The number of cyclic esters (lactones) is 1. The van der Waals surface area contributed by atoms with Gasteiger partial charge in [0.15, 0.2) is 12.2 Å². The van der Waals surface area contributed by atoms with Crippen molar-refractivity contribution in [2.24, 2.45) is 0 Å². The quantitative estimate of drug-likeness (QED) is 0.785. The minimum absolute atomic E-state index is 0.109. The van der Waals surface area contributed by atoms with E-state index >= 15 is 0 Å². The summed E-state index contributed by atoms with van der Waals surface area (Å²) < 4.78 is 10.2. The molecular formula is C14H16O6. The molecule has 0 saturated carbocycles. The lowest BCUT2D eigenvalue weighted by Crippen LogP contribution is -2.38. The number of carboxylic acid groups (broad SMARTS) is 1. The van der Waals surface area contributed by atoms with Crippen molar-refractivity contribution >= 4 is 11.9 Å². The van der Waals surface area contributed by atoms with E-state index in [0.717, 1.165) is 0 Å². The van der Waals surface area contributed by atoms with E-state index in [0.29, 0.717) is 25.0 Å². The summed E-state index contributed by atoms with van der Waals surface area (Å²) in [5.74, 6) is -1.53. The molecular weight excluding hydrogens is 264 g/mol. The van der Waals surface area contributed by atoms with Gasteiger partial charge >= 0.3 is 11.9 Å². The molecule has 2 N–H and O–H groups in total. The van der Waals surface area contributed by atoms with Gasteiger partial charge < -0.3 is 19.7 Å². The van der Waals surface area contributed by atoms with Crippen molar-refractivity contribution in [1.29, 1.82) is 0 Å². The highest BCUT2D eigenvalue weighted by atomic mass is 16.6. The average Bonchev–Trinajstić information content (AvgIpc) is 2.42. The molecule has 6 nitrogen and oxygen atoms in total. The highest BCUT2D eigenvalue weighted by Gasteiger charge is 2.30. The summed E-state index contributed by atoms with van der Waals surface area (Å²) in [5.41, 5.74) is 0.708. The van der Waals surface area contributed by atoms with Crippen molar-refractivity contribution in [2.45, 2.75) is 31.5 Å². The van der Waals surface area contributed by atoms with Crippen LogP contribution >= 0.6 is 0 Å². The maximum absolute atomic E-state index is 11.5. The van der Waals surface area contributed by atoms with E-state index in [1.165, 1.54) is 12.1 Å². The molecule has 2 unspecified atom stereocenters. The first-order valence-corrected chi connectivity index (χ1v) is 6.39. The highest BCUT2D eigenvalue weighted by molar-refractivity contribution is 5.77. The Labute approximate surface area is 115 Å². The molecule has 1 aromatic rings. The van der Waals surface area contributed by atoms with Crippen LogP contribution in [-0.4, -0.2) is 41.0 Å². The van der Waals surface area contributed by atoms with Crippen molar-refractivity contribution in [3.8, 4) is 5.75 Å². The van der Waals surface area contributed by atoms with Crippen molar-refractivity contribution in [3.63, 3.8) is 0 Å². The van der Waals surface area contributed by atoms with E-state index in [-0.39, 0.29) is 12.2 Å². The third kappa shape index (κ3) is 3.71. The number of phenolic OH excluding ortho intramolecular Hbond substituents is 1. The molecule has 1 aromatic carbocycles. The summed E-state index contributed by atoms with van der Waals surface area (Å²) in [7, 11) is 0. The van der Waals surface area contributed by atoms with Crippen LogP contribution in [0.25, 0.3) is 0 Å². The van der Waals surface area contributed by atoms with Gasteiger partial charge in [-0.25, -0.2) is 9.59 Å². The summed E-state index contributed by atoms with van der Waals surface area (Å²) >= 11 is 0. The number of carboxylic acids is 1. The number of carbonyl (C=O) groups is 2. The lowest BCUT2D eigenvalue weighted by Gasteiger charge is -2.24. The van der Waals surface area contributed by atoms with Gasteiger partial charge in [0, 0.05) is 6.42 Å². The largest absolute Gasteiger partial charge is 0.508 e. The third-order valence-corrected chi connectivity index (χ3v) is 3.08. The Balaban J connectivity index is 2.01. The van der Waals surface area contributed by atoms with E-state index in [2.05, 4.69) is 0 Å². The fraction of sp³-hybridized carbons (Fsp3) is 0.429. The predicted molar refractivity (Wildman–Crippen MR) is 68.3 cm³/mol. The first-order valence-electron chi connectivity index (χ1n) is 6.39. The number of esters is 1. The molecule has 1 aliphatic rings. The highest BCUT2D eigenvalue weighted by Crippen LogP contribution is 2.17. The second-order valence-corrected chi connectivity index (χ2v) is 4.63. The summed E-state index contributed by atoms with van der Waals surface area (Å²) in [6.07, 6.45) is -0.670. The van der Waals surface area contributed by atoms with Crippen LogP contribution in [0, 0.1) is 0 Å². The molecule has 1 saturated heterocycles. The first-order chi connectivity index (χ1) is 9.56. The van der Waals surface area contributed by atoms with Gasteiger partial charge in [0.2, 0.25) is 0 Å². The van der Waals surface area contributed by atoms with E-state index in [1.54, 1.807) is 12.1 Å². The van der Waals surface area contributed by atoms with Gasteiger partial charge in [-0.1, -0.05) is 12.1 Å². The van der Waals surface area contributed by atoms with E-state index in [9.17, 15) is 19.8 Å². The zero-order valence-corrected chi connectivity index (χ0v) is 10.8. The number of aliphatic carboxylic acids is 1. The number of hydrogen-bond donors (Lipinski definition) is 2. The molecule has 0 radical (unpaired) electrons. The predicted octanol–water partition coefficient (Wildman–Crippen LogP) is 1.11. The molecule has 1 aliphatic heterocycles. The van der Waals surface area contributed by atoms with Crippen LogP contribution in [-0.2, 0) is 25.5 Å². The van der Waals surface area contributed by atoms with Crippen molar-refractivity contribution < 1.29 is 29.3 Å². The zero-order chi connectivity index (χ0) is 14.5. The van der Waals surface area contributed by atoms with Crippen molar-refractivity contribution in [1.82, 2.24) is 0 Å². The van der Waals surface area contributed by atoms with Crippen LogP contribution < -0.4 is 0 Å². The number of hydrogen-bond acceptors (Lipinski definition) is 5. The summed E-state index contributed by atoms with van der Waals surface area (Å²) in [5, 5.41) is 18.4. The summed E-state index contributed by atoms with van der Waals surface area (Å²) in [6.45, 7) is 0.356. The van der Waals surface area contributed by atoms with Crippen LogP contribution in [0.3, 0.4) is 0 Å². The number of benzene rings is 1. The SMILES string of the molecule is O=C(O)C(Cc1ccc(O)cc1)OC1CCCOC1=O. The fourth-order valence-corrected chi connectivity index (χ4v) is 2.01. The van der Waals surface area contributed by atoms with Crippen LogP contribution in [0.1, 0.15) is 18.4 Å². The molecule has 0 spiro atoms. The van der Waals surface area contributed by atoms with Crippen LogP contribution in [0.4, 0.5) is 0 Å². The number of carbonyl (C=O) groups excluding carboxylic acids is 1. The molecule has 20 heavy (non-hydrogen) atoms. The second-order valence-electron chi connectivity index (χ2n) is 4.63. The number of rotatable bonds is 5. The monoisotopic (exact) mass is 280 g/mol. The lowest BCUT2D eigenvalue weighted by molar-refractivity contribution is -0.174. The minimum Gasteiger partial charge on any atom is -0.508 e. The molecule has 2 atom stereocenters. The van der Waals surface area contributed by atoms with Crippen LogP contribution in [0.5, 0.6) is 5.75 Å². The number of aromatic hydroxyl groups is 1. The molecule has 1 fully saturated rings. The molecule has 108 valence electrons. The number of phenols is 1. The van der Waals surface area contributed by atoms with Crippen molar-refractivity contribution in [3.05, 3.63) is 29.8 Å². The van der Waals surface area contributed by atoms with Crippen molar-refractivity contribution in [2.75, 3.05) is 6.61 Å². The summed E-state index contributed by atoms with van der Waals surface area (Å²) in [6, 6.07) is 6.19. The van der Waals surface area contributed by atoms with E-state index < -0.39 is 24.1 Å². The van der Waals surface area contributed by atoms with Gasteiger partial charge in [0.1, 0.15) is 5.75 Å². The maximum atomic E-state index is 11.5. The minimum atomic E-state index is -1.13. The Bertz CT molecular complexity index is 481. The summed E-state index contributed by atoms with van der Waals surface area (Å²) in [4.78, 5) is 22.7. The normalized spacial score (nSPS) is 20.2. The molecule has 6 heteroatoms. The number of ether oxygens (including phenoxy) is 2. The maximum Gasteiger partial charge on any atom is 0.335 e. The Hall–Kier alpha value is -2.08. The lowest BCUT2D eigenvalue weighted by atomic mass is 10.1. The first kappa shape index (κ1) is 14.3. The Morgan fingerprint density at radius 3 is 2.70 bits per heavy atom. The van der Waals surface area contributed by atoms with Gasteiger partial charge in [-0.3, -0.25) is 0 Å². The Morgan fingerprint density at radius 2 is 2.10 bits per heavy atom. The standard InChI is InChI=1S/C14H16O6/c15-10-5-3-9(4-6-10)8-12(13(16)17)20-11-2-1-7-19-14(11)18/h3-6,11-12,15H,1-2,7-8H2,(H,16,17). The van der Waals surface area contributed by atoms with Gasteiger partial charge in [0.05, 0.1) is 6.61 Å². The average molecular weight is 280 g/mol. The second kappa shape index (κ2) is 6.38. The van der Waals surface area contributed by atoms with Gasteiger partial charge in [-0.15, -0.1) is 0 Å². The van der Waals surface area contributed by atoms with Gasteiger partial charge in [-0.05, 0) is 30.5 Å². The molecule has 0 aromatic heterocycles. The topological polar surface area (TPSA) is 93.1 Å². The zero-order valence-electron chi connectivity index (χ0n) is 10.8. The van der Waals surface area contributed by atoms with Crippen LogP contribution in [0.2, 0.25) is 0 Å². The molecule has 1 heterocycles. The van der Waals surface area contributed by atoms with Gasteiger partial charge in [0.25, 0.3) is 0 Å². The Morgan fingerprint density at radius 1 is 1.40 bits per heavy atom. The Kier molecular flexibility index (Phi) is 4.57. The van der Waals surface area contributed by atoms with E-state index in [1.807, 2.05) is 0 Å². The molecule has 2 rings (SSSR count). The third-order valence-electron chi connectivity index (χ3n) is 3.08. The molecule has 0 aliphatic carbocycles. The smallest absolute Gasteiger partial charge is 0.335 e. The van der Waals surface area contributed by atoms with Crippen LogP contribution in [0.15, 0.2) is 24.3 Å². The molecule has 0 amide bonds. The van der Waals surface area contributed by atoms with Gasteiger partial charge in [-0.2, -0.15) is 0 Å².